The van der Waals surface area contributed by atoms with Crippen LogP contribution < -0.4 is 10.1 Å². The Morgan fingerprint density at radius 1 is 1.14 bits per heavy atom. The van der Waals surface area contributed by atoms with Gasteiger partial charge in [0.2, 0.25) is 11.8 Å². The van der Waals surface area contributed by atoms with Crippen LogP contribution in [0.2, 0.25) is 0 Å². The molecule has 1 atom stereocenters. The van der Waals surface area contributed by atoms with E-state index in [4.69, 9.17) is 9.47 Å². The zero-order valence-electron chi connectivity index (χ0n) is 16.1. The topological polar surface area (TPSA) is 67.9 Å². The first-order valence-electron chi connectivity index (χ1n) is 9.49. The van der Waals surface area contributed by atoms with Gasteiger partial charge in [0.15, 0.2) is 0 Å². The van der Waals surface area contributed by atoms with E-state index in [0.29, 0.717) is 32.5 Å². The number of morpholine rings is 1. The molecule has 2 aromatic carbocycles. The quantitative estimate of drug-likeness (QED) is 0.798. The molecule has 3 rings (SSSR count). The molecular formula is C22H26N2O4. The summed E-state index contributed by atoms with van der Waals surface area (Å²) in [5.41, 5.74) is 2.12. The lowest BCUT2D eigenvalue weighted by Gasteiger charge is -2.33. The van der Waals surface area contributed by atoms with Gasteiger partial charge in [0, 0.05) is 13.0 Å². The number of nitrogens with one attached hydrogen (secondary N) is 1. The molecule has 1 fully saturated rings. The fourth-order valence-corrected chi connectivity index (χ4v) is 3.17. The molecule has 0 spiro atoms. The van der Waals surface area contributed by atoms with E-state index < -0.39 is 0 Å². The maximum absolute atomic E-state index is 12.5. The molecule has 0 unspecified atom stereocenters. The first-order valence-corrected chi connectivity index (χ1v) is 9.49. The number of aryl methyl sites for hydroxylation is 1. The molecule has 1 heterocycles. The van der Waals surface area contributed by atoms with Crippen LogP contribution in [0.1, 0.15) is 23.7 Å². The molecule has 0 bridgehead atoms. The predicted molar refractivity (Wildman–Crippen MR) is 106 cm³/mol. The molecule has 1 aliphatic heterocycles. The number of hydrogen-bond donors (Lipinski definition) is 1. The Hall–Kier alpha value is -2.86. The number of amides is 2. The van der Waals surface area contributed by atoms with Crippen molar-refractivity contribution in [3.8, 4) is 5.75 Å². The number of rotatable bonds is 7. The van der Waals surface area contributed by atoms with Gasteiger partial charge in [0.25, 0.3) is 0 Å². The molecule has 1 saturated heterocycles. The Labute approximate surface area is 165 Å². The Morgan fingerprint density at radius 2 is 1.89 bits per heavy atom. The molecule has 0 radical (unpaired) electrons. The Balaban J connectivity index is 1.42. The van der Waals surface area contributed by atoms with Gasteiger partial charge in [-0.3, -0.25) is 9.59 Å². The normalized spacial score (nSPS) is 16.5. The average molecular weight is 382 g/mol. The number of carbonyl (C=O) groups is 2. The fraction of sp³-hybridized carbons (Fsp3) is 0.364. The number of nitrogens with zero attached hydrogens (tertiary/aromatic N) is 1. The van der Waals surface area contributed by atoms with Crippen LogP contribution in [0.25, 0.3) is 0 Å². The van der Waals surface area contributed by atoms with E-state index >= 15 is 0 Å². The number of ether oxygens (including phenoxy) is 2. The van der Waals surface area contributed by atoms with Crippen molar-refractivity contribution < 1.29 is 19.1 Å². The monoisotopic (exact) mass is 382 g/mol. The third-order valence-electron chi connectivity index (χ3n) is 4.83. The number of methoxy groups -OCH3 is 1. The molecule has 6 nitrogen and oxygen atoms in total. The van der Waals surface area contributed by atoms with Crippen molar-refractivity contribution in [3.63, 3.8) is 0 Å². The van der Waals surface area contributed by atoms with Gasteiger partial charge in [0.1, 0.15) is 11.9 Å². The van der Waals surface area contributed by atoms with Crippen molar-refractivity contribution in [2.24, 2.45) is 0 Å². The van der Waals surface area contributed by atoms with Gasteiger partial charge in [-0.25, -0.2) is 0 Å². The van der Waals surface area contributed by atoms with Crippen molar-refractivity contribution in [1.29, 1.82) is 0 Å². The summed E-state index contributed by atoms with van der Waals surface area (Å²) in [5, 5.41) is 2.73. The summed E-state index contributed by atoms with van der Waals surface area (Å²) < 4.78 is 10.9. The fourth-order valence-electron chi connectivity index (χ4n) is 3.17. The lowest BCUT2D eigenvalue weighted by atomic mass is 10.1. The lowest BCUT2D eigenvalue weighted by molar-refractivity contribution is -0.139. The first-order chi connectivity index (χ1) is 13.7. The molecule has 2 aromatic rings. The summed E-state index contributed by atoms with van der Waals surface area (Å²) in [6, 6.07) is 17.5. The van der Waals surface area contributed by atoms with Crippen molar-refractivity contribution in [3.05, 3.63) is 65.7 Å². The summed E-state index contributed by atoms with van der Waals surface area (Å²) in [6.45, 7) is 1.56. The first kappa shape index (κ1) is 19.9. The molecule has 148 valence electrons. The molecule has 6 heteroatoms. The van der Waals surface area contributed by atoms with Gasteiger partial charge in [-0.15, -0.1) is 0 Å². The second-order valence-electron chi connectivity index (χ2n) is 6.73. The predicted octanol–water partition coefficient (Wildman–Crippen LogP) is 2.34. The number of benzene rings is 2. The van der Waals surface area contributed by atoms with Crippen molar-refractivity contribution in [2.45, 2.75) is 18.9 Å². The number of carbonyl (C=O) groups excluding carboxylic acids is 2. The van der Waals surface area contributed by atoms with E-state index in [0.717, 1.165) is 16.9 Å². The highest BCUT2D eigenvalue weighted by atomic mass is 16.5. The van der Waals surface area contributed by atoms with Crippen LogP contribution in [0.4, 0.5) is 0 Å². The molecule has 28 heavy (non-hydrogen) atoms. The SMILES string of the molecule is COc1ccc(CCC(=O)NCC(=O)N2CCO[C@@H](c3ccccc3)C2)cc1. The highest BCUT2D eigenvalue weighted by Gasteiger charge is 2.25. The van der Waals surface area contributed by atoms with E-state index in [2.05, 4.69) is 5.32 Å². The van der Waals surface area contributed by atoms with Crippen LogP contribution in [-0.4, -0.2) is 50.1 Å². The lowest BCUT2D eigenvalue weighted by Crippen LogP contribution is -2.46. The Bertz CT molecular complexity index is 777. The van der Waals surface area contributed by atoms with Crippen molar-refractivity contribution in [2.75, 3.05) is 33.4 Å². The maximum atomic E-state index is 12.5. The maximum Gasteiger partial charge on any atom is 0.242 e. The molecule has 0 saturated carbocycles. The van der Waals surface area contributed by atoms with Crippen LogP contribution in [0, 0.1) is 0 Å². The summed E-state index contributed by atoms with van der Waals surface area (Å²) in [6.07, 6.45) is 0.845. The molecule has 0 aliphatic carbocycles. The van der Waals surface area contributed by atoms with Crippen molar-refractivity contribution in [1.82, 2.24) is 10.2 Å². The van der Waals surface area contributed by atoms with Crippen molar-refractivity contribution >= 4 is 11.8 Å². The van der Waals surface area contributed by atoms with E-state index in [1.54, 1.807) is 12.0 Å². The van der Waals surface area contributed by atoms with E-state index in [-0.39, 0.29) is 24.5 Å². The smallest absolute Gasteiger partial charge is 0.242 e. The van der Waals surface area contributed by atoms with Gasteiger partial charge in [-0.1, -0.05) is 42.5 Å². The van der Waals surface area contributed by atoms with Crippen LogP contribution in [0.15, 0.2) is 54.6 Å². The third kappa shape index (κ3) is 5.57. The second kappa shape index (κ2) is 9.90. The molecule has 0 aromatic heterocycles. The van der Waals surface area contributed by atoms with Crippen LogP contribution in [-0.2, 0) is 20.7 Å². The van der Waals surface area contributed by atoms with Crippen LogP contribution in [0.5, 0.6) is 5.75 Å². The minimum atomic E-state index is -0.128. The molecule has 1 N–H and O–H groups in total. The summed E-state index contributed by atoms with van der Waals surface area (Å²) in [7, 11) is 1.62. The number of hydrogen-bond acceptors (Lipinski definition) is 4. The zero-order valence-corrected chi connectivity index (χ0v) is 16.1. The standard InChI is InChI=1S/C22H26N2O4/c1-27-19-10-7-17(8-11-19)9-12-21(25)23-15-22(26)24-13-14-28-20(16-24)18-5-3-2-4-6-18/h2-8,10-11,20H,9,12-16H2,1H3,(H,23,25)/t20-/m1/s1. The molecular weight excluding hydrogens is 356 g/mol. The van der Waals surface area contributed by atoms with E-state index in [1.807, 2.05) is 54.6 Å². The highest BCUT2D eigenvalue weighted by Crippen LogP contribution is 2.21. The minimum absolute atomic E-state index is 0.0168. The summed E-state index contributed by atoms with van der Waals surface area (Å²) >= 11 is 0. The van der Waals surface area contributed by atoms with Gasteiger partial charge in [0.05, 0.1) is 26.8 Å². The van der Waals surface area contributed by atoms with Crippen LogP contribution >= 0.6 is 0 Å². The van der Waals surface area contributed by atoms with E-state index in [9.17, 15) is 9.59 Å². The Morgan fingerprint density at radius 3 is 2.61 bits per heavy atom. The highest BCUT2D eigenvalue weighted by molar-refractivity contribution is 5.84. The second-order valence-corrected chi connectivity index (χ2v) is 6.73. The summed E-state index contributed by atoms with van der Waals surface area (Å²) in [4.78, 5) is 26.3. The molecule has 2 amide bonds. The largest absolute Gasteiger partial charge is 0.497 e. The minimum Gasteiger partial charge on any atom is -0.497 e. The van der Waals surface area contributed by atoms with E-state index in [1.165, 1.54) is 0 Å². The van der Waals surface area contributed by atoms with Gasteiger partial charge < -0.3 is 19.7 Å². The van der Waals surface area contributed by atoms with Gasteiger partial charge in [-0.2, -0.15) is 0 Å². The zero-order chi connectivity index (χ0) is 19.8. The average Bonchev–Trinajstić information content (AvgIpc) is 2.77. The molecule has 1 aliphatic rings. The Kier molecular flexibility index (Phi) is 7.03. The third-order valence-corrected chi connectivity index (χ3v) is 4.83. The van der Waals surface area contributed by atoms with Crippen LogP contribution in [0.3, 0.4) is 0 Å². The summed E-state index contributed by atoms with van der Waals surface area (Å²) in [5.74, 6) is 0.581. The van der Waals surface area contributed by atoms with Gasteiger partial charge in [-0.05, 0) is 29.7 Å². The van der Waals surface area contributed by atoms with Gasteiger partial charge >= 0.3 is 0 Å².